The number of nitrogens with zero attached hydrogens (tertiary/aromatic N) is 1. The molecule has 1 aromatic heterocycles. The van der Waals surface area contributed by atoms with Crippen LogP contribution in [0.4, 0.5) is 0 Å². The number of rotatable bonds is 14. The molecular formula is C28H36N2O6S. The molecule has 37 heavy (non-hydrogen) atoms. The van der Waals surface area contributed by atoms with E-state index in [1.54, 1.807) is 19.9 Å². The fourth-order valence-corrected chi connectivity index (χ4v) is 4.17. The van der Waals surface area contributed by atoms with Crippen LogP contribution >= 0.6 is 11.3 Å². The summed E-state index contributed by atoms with van der Waals surface area (Å²) in [4.78, 5) is 40.1. The second-order valence-corrected chi connectivity index (χ2v) is 9.39. The highest BCUT2D eigenvalue weighted by Gasteiger charge is 2.19. The van der Waals surface area contributed by atoms with Crippen LogP contribution in [0.15, 0.2) is 46.9 Å². The van der Waals surface area contributed by atoms with Gasteiger partial charge in [-0.3, -0.25) is 9.59 Å². The molecule has 0 spiro atoms. The van der Waals surface area contributed by atoms with Gasteiger partial charge in [0.25, 0.3) is 5.91 Å². The molecule has 1 amide bonds. The Morgan fingerprint density at radius 3 is 2.46 bits per heavy atom. The van der Waals surface area contributed by atoms with Crippen LogP contribution in [0.3, 0.4) is 0 Å². The van der Waals surface area contributed by atoms with E-state index < -0.39 is 17.9 Å². The molecule has 0 bridgehead atoms. The van der Waals surface area contributed by atoms with Crippen LogP contribution in [0.5, 0.6) is 5.75 Å². The zero-order valence-corrected chi connectivity index (χ0v) is 23.0. The van der Waals surface area contributed by atoms with Crippen molar-refractivity contribution in [1.29, 1.82) is 0 Å². The largest absolute Gasteiger partial charge is 0.494 e. The molecule has 0 saturated carbocycles. The van der Waals surface area contributed by atoms with Crippen LogP contribution in [0.1, 0.15) is 69.8 Å². The summed E-state index contributed by atoms with van der Waals surface area (Å²) in [5, 5.41) is 5.53. The second-order valence-electron chi connectivity index (χ2n) is 8.50. The first kappa shape index (κ1) is 29.8. The van der Waals surface area contributed by atoms with Gasteiger partial charge in [-0.25, -0.2) is 9.78 Å². The van der Waals surface area contributed by atoms with Gasteiger partial charge in [0.05, 0.1) is 24.9 Å². The predicted molar refractivity (Wildman–Crippen MR) is 144 cm³/mol. The SMILES string of the molecule is CCCCOc1ccc(C[C@H](NC(=O)COC(C)=O)c2nc(/C=C(C)/C=C(/C)C(=O)OCC)cs2)cc1. The molecule has 8 nitrogen and oxygen atoms in total. The molecule has 0 saturated heterocycles. The lowest BCUT2D eigenvalue weighted by atomic mass is 10.1. The first-order chi connectivity index (χ1) is 17.7. The van der Waals surface area contributed by atoms with Crippen LogP contribution in [-0.2, 0) is 30.3 Å². The molecule has 2 aromatic rings. The molecule has 0 unspecified atom stereocenters. The van der Waals surface area contributed by atoms with Crippen molar-refractivity contribution in [3.05, 3.63) is 63.1 Å². The molecule has 0 aliphatic heterocycles. The number of esters is 2. The maximum absolute atomic E-state index is 12.5. The molecule has 1 heterocycles. The Labute approximate surface area is 222 Å². The van der Waals surface area contributed by atoms with E-state index in [0.29, 0.717) is 35.9 Å². The maximum atomic E-state index is 12.5. The first-order valence-electron chi connectivity index (χ1n) is 12.3. The van der Waals surface area contributed by atoms with E-state index in [2.05, 4.69) is 12.2 Å². The number of allylic oxidation sites excluding steroid dienone is 2. The number of aromatic nitrogens is 1. The van der Waals surface area contributed by atoms with Gasteiger partial charge >= 0.3 is 11.9 Å². The van der Waals surface area contributed by atoms with Crippen LogP contribution in [0.25, 0.3) is 6.08 Å². The number of carbonyl (C=O) groups is 3. The van der Waals surface area contributed by atoms with Gasteiger partial charge in [-0.05, 0) is 69.0 Å². The van der Waals surface area contributed by atoms with E-state index in [0.717, 1.165) is 29.7 Å². The summed E-state index contributed by atoms with van der Waals surface area (Å²) >= 11 is 1.42. The van der Waals surface area contributed by atoms with Crippen molar-refractivity contribution in [2.24, 2.45) is 0 Å². The van der Waals surface area contributed by atoms with Crippen molar-refractivity contribution in [2.45, 2.75) is 59.9 Å². The predicted octanol–water partition coefficient (Wildman–Crippen LogP) is 5.20. The van der Waals surface area contributed by atoms with Crippen LogP contribution in [-0.4, -0.2) is 42.7 Å². The van der Waals surface area contributed by atoms with E-state index in [4.69, 9.17) is 19.2 Å². The van der Waals surface area contributed by atoms with E-state index in [9.17, 15) is 14.4 Å². The summed E-state index contributed by atoms with van der Waals surface area (Å²) in [6.45, 7) is 9.36. The van der Waals surface area contributed by atoms with Gasteiger partial charge in [0.1, 0.15) is 10.8 Å². The van der Waals surface area contributed by atoms with Gasteiger partial charge in [-0.2, -0.15) is 0 Å². The highest BCUT2D eigenvalue weighted by molar-refractivity contribution is 7.09. The Hall–Kier alpha value is -3.46. The zero-order chi connectivity index (χ0) is 27.2. The molecule has 0 aliphatic rings. The third-order valence-electron chi connectivity index (χ3n) is 5.13. The summed E-state index contributed by atoms with van der Waals surface area (Å²) in [6.07, 6.45) is 6.18. The Kier molecular flexibility index (Phi) is 12.6. The number of hydrogen-bond donors (Lipinski definition) is 1. The van der Waals surface area contributed by atoms with E-state index in [-0.39, 0.29) is 12.6 Å². The van der Waals surface area contributed by atoms with E-state index >= 15 is 0 Å². The highest BCUT2D eigenvalue weighted by atomic mass is 32.1. The Morgan fingerprint density at radius 2 is 1.81 bits per heavy atom. The van der Waals surface area contributed by atoms with Gasteiger partial charge < -0.3 is 19.5 Å². The molecule has 1 N–H and O–H groups in total. The number of hydrogen-bond acceptors (Lipinski definition) is 8. The summed E-state index contributed by atoms with van der Waals surface area (Å²) < 4.78 is 15.6. The van der Waals surface area contributed by atoms with Crippen molar-refractivity contribution in [1.82, 2.24) is 10.3 Å². The topological polar surface area (TPSA) is 104 Å². The fraction of sp³-hybridized carbons (Fsp3) is 0.429. The molecule has 0 fully saturated rings. The minimum atomic E-state index is -0.520. The molecule has 1 aromatic carbocycles. The van der Waals surface area contributed by atoms with Crippen LogP contribution in [0.2, 0.25) is 0 Å². The third-order valence-corrected chi connectivity index (χ3v) is 6.10. The number of ether oxygens (including phenoxy) is 3. The van der Waals surface area contributed by atoms with Crippen molar-refractivity contribution >= 4 is 35.3 Å². The third kappa shape index (κ3) is 11.0. The average Bonchev–Trinajstić information content (AvgIpc) is 3.32. The zero-order valence-electron chi connectivity index (χ0n) is 22.2. The number of carbonyl (C=O) groups excluding carboxylic acids is 3. The van der Waals surface area contributed by atoms with E-state index in [1.165, 1.54) is 18.3 Å². The minimum absolute atomic E-state index is 0.321. The molecule has 2 rings (SSSR count). The van der Waals surface area contributed by atoms with Gasteiger partial charge in [0, 0.05) is 17.9 Å². The fourth-order valence-electron chi connectivity index (χ4n) is 3.34. The van der Waals surface area contributed by atoms with Gasteiger partial charge in [0.2, 0.25) is 0 Å². The molecule has 1 atom stereocenters. The monoisotopic (exact) mass is 528 g/mol. The smallest absolute Gasteiger partial charge is 0.333 e. The average molecular weight is 529 g/mol. The van der Waals surface area contributed by atoms with Crippen LogP contribution < -0.4 is 10.1 Å². The van der Waals surface area contributed by atoms with E-state index in [1.807, 2.05) is 42.6 Å². The number of unbranched alkanes of at least 4 members (excludes halogenated alkanes) is 1. The molecule has 9 heteroatoms. The van der Waals surface area contributed by atoms with Crippen molar-refractivity contribution < 1.29 is 28.6 Å². The van der Waals surface area contributed by atoms with Crippen molar-refractivity contribution in [3.8, 4) is 5.75 Å². The normalized spacial score (nSPS) is 12.6. The first-order valence-corrected chi connectivity index (χ1v) is 13.2. The number of thiazole rings is 1. The standard InChI is InChI=1S/C28H36N2O6S/c1-6-8-13-35-24-11-9-22(10-12-24)16-25(30-26(32)17-36-21(5)31)27-29-23(18-37-27)15-19(3)14-20(4)28(33)34-7-2/h9-12,14-15,18,25H,6-8,13,16-17H2,1-5H3,(H,30,32)/b19-15+,20-14-/t25-/m0/s1. The molecule has 200 valence electrons. The lowest BCUT2D eigenvalue weighted by Crippen LogP contribution is -2.33. The summed E-state index contributed by atoms with van der Waals surface area (Å²) in [5.41, 5.74) is 3.06. The van der Waals surface area contributed by atoms with Crippen molar-refractivity contribution in [2.75, 3.05) is 19.8 Å². The van der Waals surface area contributed by atoms with Crippen molar-refractivity contribution in [3.63, 3.8) is 0 Å². The highest BCUT2D eigenvalue weighted by Crippen LogP contribution is 2.25. The van der Waals surface area contributed by atoms with Gasteiger partial charge in [-0.1, -0.05) is 25.5 Å². The Bertz CT molecular complexity index is 1100. The number of nitrogens with one attached hydrogen (secondary N) is 1. The summed E-state index contributed by atoms with van der Waals surface area (Å²) in [7, 11) is 0. The second kappa shape index (κ2) is 15.6. The number of benzene rings is 1. The quantitative estimate of drug-likeness (QED) is 0.156. The molecular weight excluding hydrogens is 492 g/mol. The Morgan fingerprint density at radius 1 is 1.08 bits per heavy atom. The molecule has 0 radical (unpaired) electrons. The Balaban J connectivity index is 2.19. The lowest BCUT2D eigenvalue weighted by molar-refractivity contribution is -0.146. The van der Waals surface area contributed by atoms with Gasteiger partial charge in [0.15, 0.2) is 6.61 Å². The maximum Gasteiger partial charge on any atom is 0.333 e. The van der Waals surface area contributed by atoms with Crippen LogP contribution in [0, 0.1) is 0 Å². The minimum Gasteiger partial charge on any atom is -0.494 e. The molecule has 0 aliphatic carbocycles. The number of amides is 1. The summed E-state index contributed by atoms with van der Waals surface area (Å²) in [6, 6.07) is 7.35. The lowest BCUT2D eigenvalue weighted by Gasteiger charge is -2.17. The summed E-state index contributed by atoms with van der Waals surface area (Å²) in [5.74, 6) is -0.479. The van der Waals surface area contributed by atoms with Gasteiger partial charge in [-0.15, -0.1) is 11.3 Å².